The van der Waals surface area contributed by atoms with E-state index in [-0.39, 0.29) is 12.3 Å². The van der Waals surface area contributed by atoms with Gasteiger partial charge in [-0.25, -0.2) is 4.79 Å². The highest BCUT2D eigenvalue weighted by molar-refractivity contribution is 6.32. The Hall–Kier alpha value is -2.86. The maximum absolute atomic E-state index is 11.6. The van der Waals surface area contributed by atoms with Crippen molar-refractivity contribution in [2.45, 2.75) is 13.0 Å². The number of hydrogen-bond acceptors (Lipinski definition) is 4. The third-order valence-electron chi connectivity index (χ3n) is 3.28. The number of nitrogens with one attached hydrogen (secondary N) is 1. The summed E-state index contributed by atoms with van der Waals surface area (Å²) in [5.74, 6) is 0. The highest BCUT2D eigenvalue weighted by Gasteiger charge is 2.07. The number of nitro groups is 1. The van der Waals surface area contributed by atoms with Crippen LogP contribution in [0.1, 0.15) is 17.5 Å². The van der Waals surface area contributed by atoms with Crippen LogP contribution in [0.4, 0.5) is 10.5 Å². The molecule has 2 rings (SSSR count). The molecule has 0 unspecified atom stereocenters. The van der Waals surface area contributed by atoms with Crippen molar-refractivity contribution in [3.8, 4) is 0 Å². The molecule has 0 bridgehead atoms. The first-order valence-corrected chi connectivity index (χ1v) is 7.99. The van der Waals surface area contributed by atoms with Crippen molar-refractivity contribution in [3.05, 3.63) is 80.9 Å². The number of amides is 1. The summed E-state index contributed by atoms with van der Waals surface area (Å²) in [5, 5.41) is 13.8. The number of benzene rings is 2. The van der Waals surface area contributed by atoms with Crippen molar-refractivity contribution in [2.24, 2.45) is 0 Å². The fourth-order valence-corrected chi connectivity index (χ4v) is 2.19. The average Bonchev–Trinajstić information content (AvgIpc) is 2.61. The van der Waals surface area contributed by atoms with Crippen LogP contribution >= 0.6 is 11.6 Å². The third kappa shape index (κ3) is 6.27. The first kappa shape index (κ1) is 18.5. The minimum atomic E-state index is -0.495. The Labute approximate surface area is 150 Å². The summed E-state index contributed by atoms with van der Waals surface area (Å²) in [6.07, 6.45) is 3.51. The average molecular weight is 361 g/mol. The molecular formula is C18H17ClN2O4. The van der Waals surface area contributed by atoms with Gasteiger partial charge in [0.25, 0.3) is 5.69 Å². The molecule has 0 aromatic heterocycles. The van der Waals surface area contributed by atoms with Gasteiger partial charge in [-0.15, -0.1) is 0 Å². The highest BCUT2D eigenvalue weighted by atomic mass is 35.5. The van der Waals surface area contributed by atoms with Crippen LogP contribution in [0.15, 0.2) is 54.6 Å². The van der Waals surface area contributed by atoms with E-state index >= 15 is 0 Å². The van der Waals surface area contributed by atoms with Gasteiger partial charge in [0.05, 0.1) is 4.92 Å². The molecule has 0 radical (unpaired) electrons. The molecule has 25 heavy (non-hydrogen) atoms. The molecule has 0 heterocycles. The maximum atomic E-state index is 11.6. The second-order valence-electron chi connectivity index (χ2n) is 5.14. The number of halogens is 1. The molecule has 130 valence electrons. The molecule has 0 aliphatic carbocycles. The number of carbonyl (C=O) groups is 1. The van der Waals surface area contributed by atoms with E-state index in [4.69, 9.17) is 16.3 Å². The van der Waals surface area contributed by atoms with E-state index in [9.17, 15) is 14.9 Å². The van der Waals surface area contributed by atoms with Crippen LogP contribution in [0.3, 0.4) is 0 Å². The zero-order valence-corrected chi connectivity index (χ0v) is 14.1. The predicted molar refractivity (Wildman–Crippen MR) is 96.4 cm³/mol. The summed E-state index contributed by atoms with van der Waals surface area (Å²) in [6.45, 7) is 0.600. The van der Waals surface area contributed by atoms with Gasteiger partial charge in [0.15, 0.2) is 0 Å². The number of non-ortho nitro benzene ring substituents is 1. The Balaban J connectivity index is 1.73. The van der Waals surface area contributed by atoms with Gasteiger partial charge in [0.2, 0.25) is 0 Å². The van der Waals surface area contributed by atoms with E-state index in [2.05, 4.69) is 5.32 Å². The Morgan fingerprint density at radius 1 is 1.24 bits per heavy atom. The fourth-order valence-electron chi connectivity index (χ4n) is 2.01. The lowest BCUT2D eigenvalue weighted by molar-refractivity contribution is -0.384. The molecular weight excluding hydrogens is 344 g/mol. The SMILES string of the molecule is O=C(NCCC=Cc1cc([N+](=O)[O-])ccc1Cl)OCc1ccccc1. The predicted octanol–water partition coefficient (Wildman–Crippen LogP) is 4.58. The van der Waals surface area contributed by atoms with E-state index in [0.717, 1.165) is 5.56 Å². The standard InChI is InChI=1S/C18H17ClN2O4/c19-17-10-9-16(21(23)24)12-15(17)8-4-5-11-20-18(22)25-13-14-6-2-1-3-7-14/h1-4,6-10,12H,5,11,13H2,(H,20,22). The smallest absolute Gasteiger partial charge is 0.407 e. The Bertz CT molecular complexity index is 763. The van der Waals surface area contributed by atoms with E-state index in [1.807, 2.05) is 30.3 Å². The zero-order chi connectivity index (χ0) is 18.1. The van der Waals surface area contributed by atoms with E-state index < -0.39 is 11.0 Å². The Morgan fingerprint density at radius 3 is 2.72 bits per heavy atom. The number of nitro benzene ring substituents is 1. The van der Waals surface area contributed by atoms with Crippen molar-refractivity contribution in [1.82, 2.24) is 5.32 Å². The second kappa shape index (κ2) is 9.44. The molecule has 1 amide bonds. The lowest BCUT2D eigenvalue weighted by Gasteiger charge is -2.06. The summed E-state index contributed by atoms with van der Waals surface area (Å²) in [6, 6.07) is 13.6. The monoisotopic (exact) mass is 360 g/mol. The normalized spacial score (nSPS) is 10.6. The molecule has 7 heteroatoms. The van der Waals surface area contributed by atoms with Crippen molar-refractivity contribution < 1.29 is 14.5 Å². The van der Waals surface area contributed by atoms with Crippen LogP contribution in [0.5, 0.6) is 0 Å². The summed E-state index contributed by atoms with van der Waals surface area (Å²) in [5.41, 5.74) is 1.45. The Morgan fingerprint density at radius 2 is 2.00 bits per heavy atom. The molecule has 0 atom stereocenters. The van der Waals surface area contributed by atoms with Gasteiger partial charge in [0, 0.05) is 23.7 Å². The van der Waals surface area contributed by atoms with Gasteiger partial charge in [-0.1, -0.05) is 54.1 Å². The number of hydrogen-bond donors (Lipinski definition) is 1. The number of alkyl carbamates (subject to hydrolysis) is 1. The summed E-state index contributed by atoms with van der Waals surface area (Å²) < 4.78 is 5.08. The van der Waals surface area contributed by atoms with Crippen LogP contribution in [0.25, 0.3) is 6.08 Å². The van der Waals surface area contributed by atoms with E-state index in [1.165, 1.54) is 18.2 Å². The highest BCUT2D eigenvalue weighted by Crippen LogP contribution is 2.23. The van der Waals surface area contributed by atoms with E-state index in [1.54, 1.807) is 12.2 Å². The Kier molecular flexibility index (Phi) is 6.98. The summed E-state index contributed by atoms with van der Waals surface area (Å²) in [7, 11) is 0. The van der Waals surface area contributed by atoms with Crippen LogP contribution in [-0.2, 0) is 11.3 Å². The third-order valence-corrected chi connectivity index (χ3v) is 3.63. The number of rotatable bonds is 7. The molecule has 2 aromatic rings. The van der Waals surface area contributed by atoms with E-state index in [0.29, 0.717) is 23.6 Å². The topological polar surface area (TPSA) is 81.5 Å². The van der Waals surface area contributed by atoms with Crippen molar-refractivity contribution in [1.29, 1.82) is 0 Å². The van der Waals surface area contributed by atoms with Gasteiger partial charge in [0.1, 0.15) is 6.61 Å². The molecule has 0 aliphatic rings. The zero-order valence-electron chi connectivity index (χ0n) is 13.4. The van der Waals surface area contributed by atoms with Crippen molar-refractivity contribution >= 4 is 29.5 Å². The summed E-state index contributed by atoms with van der Waals surface area (Å²) in [4.78, 5) is 21.9. The van der Waals surface area contributed by atoms with Crippen LogP contribution in [-0.4, -0.2) is 17.6 Å². The minimum absolute atomic E-state index is 0.0216. The van der Waals surface area contributed by atoms with Gasteiger partial charge in [-0.3, -0.25) is 10.1 Å². The molecule has 0 fully saturated rings. The number of ether oxygens (including phenoxy) is 1. The van der Waals surface area contributed by atoms with Crippen LogP contribution in [0.2, 0.25) is 5.02 Å². The lowest BCUT2D eigenvalue weighted by Crippen LogP contribution is -2.24. The molecule has 0 spiro atoms. The maximum Gasteiger partial charge on any atom is 0.407 e. The first-order chi connectivity index (χ1) is 12.1. The van der Waals surface area contributed by atoms with Crippen LogP contribution < -0.4 is 5.32 Å². The molecule has 2 aromatic carbocycles. The van der Waals surface area contributed by atoms with Gasteiger partial charge in [-0.2, -0.15) is 0 Å². The van der Waals surface area contributed by atoms with Gasteiger partial charge in [-0.05, 0) is 23.6 Å². The molecule has 1 N–H and O–H groups in total. The quantitative estimate of drug-likeness (QED) is 0.445. The molecule has 6 nitrogen and oxygen atoms in total. The minimum Gasteiger partial charge on any atom is -0.445 e. The van der Waals surface area contributed by atoms with Gasteiger partial charge >= 0.3 is 6.09 Å². The van der Waals surface area contributed by atoms with Crippen molar-refractivity contribution in [2.75, 3.05) is 6.54 Å². The van der Waals surface area contributed by atoms with Crippen molar-refractivity contribution in [3.63, 3.8) is 0 Å². The summed E-state index contributed by atoms with van der Waals surface area (Å²) >= 11 is 6.00. The van der Waals surface area contributed by atoms with Gasteiger partial charge < -0.3 is 10.1 Å². The second-order valence-corrected chi connectivity index (χ2v) is 5.55. The first-order valence-electron chi connectivity index (χ1n) is 7.61. The molecule has 0 saturated carbocycles. The number of nitrogens with zero attached hydrogens (tertiary/aromatic N) is 1. The molecule has 0 saturated heterocycles. The molecule has 0 aliphatic heterocycles. The number of carbonyl (C=O) groups excluding carboxylic acids is 1. The largest absolute Gasteiger partial charge is 0.445 e. The lowest BCUT2D eigenvalue weighted by atomic mass is 10.2. The van der Waals surface area contributed by atoms with Crippen LogP contribution in [0, 0.1) is 10.1 Å². The fraction of sp³-hybridized carbons (Fsp3) is 0.167.